The first-order valence-electron chi connectivity index (χ1n) is 5.78. The molecule has 5 heteroatoms. The maximum Gasteiger partial charge on any atom is 0.212 e. The molecule has 0 spiro atoms. The molecule has 15 heavy (non-hydrogen) atoms. The molecule has 0 aromatic rings. The molecule has 4 nitrogen and oxygen atoms in total. The molecular weight excluding hydrogens is 212 g/mol. The van der Waals surface area contributed by atoms with Gasteiger partial charge < -0.3 is 5.32 Å². The highest BCUT2D eigenvalue weighted by molar-refractivity contribution is 7.89. The van der Waals surface area contributed by atoms with Crippen molar-refractivity contribution in [2.75, 3.05) is 12.3 Å². The summed E-state index contributed by atoms with van der Waals surface area (Å²) in [4.78, 5) is 0. The first-order chi connectivity index (χ1) is 7.05. The van der Waals surface area contributed by atoms with Gasteiger partial charge in [0.15, 0.2) is 0 Å². The van der Waals surface area contributed by atoms with E-state index in [1.54, 1.807) is 0 Å². The zero-order chi connectivity index (χ0) is 10.9. The summed E-state index contributed by atoms with van der Waals surface area (Å²) in [5, 5.41) is 3.32. The number of rotatable bonds is 4. The van der Waals surface area contributed by atoms with E-state index >= 15 is 0 Å². The lowest BCUT2D eigenvalue weighted by Gasteiger charge is -2.28. The van der Waals surface area contributed by atoms with Gasteiger partial charge >= 0.3 is 0 Å². The Balaban J connectivity index is 1.83. The van der Waals surface area contributed by atoms with Gasteiger partial charge in [-0.3, -0.25) is 0 Å². The predicted octanol–water partition coefficient (Wildman–Crippen LogP) is 0.456. The van der Waals surface area contributed by atoms with Crippen molar-refractivity contribution in [1.29, 1.82) is 0 Å². The van der Waals surface area contributed by atoms with E-state index in [4.69, 9.17) is 0 Å². The normalized spacial score (nSPS) is 32.9. The second kappa shape index (κ2) is 4.39. The monoisotopic (exact) mass is 232 g/mol. The molecule has 1 saturated heterocycles. The van der Waals surface area contributed by atoms with Crippen LogP contribution in [0.15, 0.2) is 0 Å². The van der Waals surface area contributed by atoms with E-state index in [1.807, 2.05) is 0 Å². The third kappa shape index (κ3) is 3.74. The fourth-order valence-electron chi connectivity index (χ4n) is 2.14. The molecular formula is C10H20N2O2S. The fourth-order valence-corrected chi connectivity index (χ4v) is 3.91. The van der Waals surface area contributed by atoms with Crippen molar-refractivity contribution in [3.63, 3.8) is 0 Å². The number of piperidine rings is 1. The summed E-state index contributed by atoms with van der Waals surface area (Å²) >= 11 is 0. The first-order valence-corrected chi connectivity index (χ1v) is 7.44. The van der Waals surface area contributed by atoms with Gasteiger partial charge in [-0.05, 0) is 45.1 Å². The third-order valence-electron chi connectivity index (χ3n) is 3.12. The molecule has 2 fully saturated rings. The number of hydrogen-bond donors (Lipinski definition) is 2. The molecule has 2 rings (SSSR count). The van der Waals surface area contributed by atoms with Crippen molar-refractivity contribution >= 4 is 10.0 Å². The lowest BCUT2D eigenvalue weighted by Crippen LogP contribution is -2.47. The molecule has 0 bridgehead atoms. The van der Waals surface area contributed by atoms with Gasteiger partial charge in [0.25, 0.3) is 0 Å². The van der Waals surface area contributed by atoms with Crippen molar-refractivity contribution in [3.8, 4) is 0 Å². The Labute approximate surface area is 91.9 Å². The Morgan fingerprint density at radius 2 is 2.07 bits per heavy atom. The summed E-state index contributed by atoms with van der Waals surface area (Å²) in [6.45, 7) is 3.01. The van der Waals surface area contributed by atoms with E-state index in [1.165, 1.54) is 0 Å². The van der Waals surface area contributed by atoms with Gasteiger partial charge in [0.1, 0.15) is 0 Å². The van der Waals surface area contributed by atoms with Gasteiger partial charge in [0.05, 0.1) is 5.75 Å². The standard InChI is InChI=1S/C10H20N2O2S/c1-8-6-10(4-5-11-8)12-15(13,14)7-9-2-3-9/h8-12H,2-7H2,1H3. The third-order valence-corrected chi connectivity index (χ3v) is 4.72. The minimum atomic E-state index is -3.02. The second-order valence-corrected chi connectivity index (χ2v) is 6.72. The number of sulfonamides is 1. The maximum atomic E-state index is 11.7. The molecule has 2 aliphatic rings. The molecule has 2 atom stereocenters. The van der Waals surface area contributed by atoms with Gasteiger partial charge in [0, 0.05) is 12.1 Å². The number of hydrogen-bond acceptors (Lipinski definition) is 3. The van der Waals surface area contributed by atoms with Gasteiger partial charge in [-0.1, -0.05) is 0 Å². The lowest BCUT2D eigenvalue weighted by atomic mass is 10.0. The summed E-state index contributed by atoms with van der Waals surface area (Å²) in [5.41, 5.74) is 0. The van der Waals surface area contributed by atoms with E-state index < -0.39 is 10.0 Å². The minimum absolute atomic E-state index is 0.144. The molecule has 0 radical (unpaired) electrons. The summed E-state index contributed by atoms with van der Waals surface area (Å²) in [6, 6.07) is 0.567. The average Bonchev–Trinajstić information content (AvgIpc) is 2.86. The van der Waals surface area contributed by atoms with Crippen molar-refractivity contribution in [1.82, 2.24) is 10.0 Å². The number of nitrogens with one attached hydrogen (secondary N) is 2. The van der Waals surface area contributed by atoms with Gasteiger partial charge in [-0.25, -0.2) is 13.1 Å². The molecule has 0 aromatic heterocycles. The highest BCUT2D eigenvalue weighted by Gasteiger charge is 2.30. The topological polar surface area (TPSA) is 58.2 Å². The van der Waals surface area contributed by atoms with E-state index in [0.29, 0.717) is 17.7 Å². The van der Waals surface area contributed by atoms with Crippen LogP contribution in [0.5, 0.6) is 0 Å². The molecule has 1 aliphatic heterocycles. The highest BCUT2D eigenvalue weighted by atomic mass is 32.2. The van der Waals surface area contributed by atoms with Crippen molar-refractivity contribution in [3.05, 3.63) is 0 Å². The van der Waals surface area contributed by atoms with Crippen LogP contribution in [0.2, 0.25) is 0 Å². The quantitative estimate of drug-likeness (QED) is 0.740. The molecule has 2 unspecified atom stereocenters. The zero-order valence-corrected chi connectivity index (χ0v) is 10.0. The Morgan fingerprint density at radius 3 is 2.67 bits per heavy atom. The summed E-state index contributed by atoms with van der Waals surface area (Å²) in [7, 11) is -3.02. The lowest BCUT2D eigenvalue weighted by molar-refractivity contribution is 0.361. The molecule has 0 aromatic carbocycles. The molecule has 88 valence electrons. The average molecular weight is 232 g/mol. The van der Waals surface area contributed by atoms with Gasteiger partial charge in [-0.2, -0.15) is 0 Å². The summed E-state index contributed by atoms with van der Waals surface area (Å²) < 4.78 is 26.3. The van der Waals surface area contributed by atoms with E-state index in [-0.39, 0.29) is 6.04 Å². The van der Waals surface area contributed by atoms with E-state index in [0.717, 1.165) is 32.2 Å². The fraction of sp³-hybridized carbons (Fsp3) is 1.00. The molecule has 2 N–H and O–H groups in total. The van der Waals surface area contributed by atoms with Crippen LogP contribution in [0.4, 0.5) is 0 Å². The summed E-state index contributed by atoms with van der Waals surface area (Å²) in [6.07, 6.45) is 3.99. The van der Waals surface area contributed by atoms with Crippen LogP contribution in [0.3, 0.4) is 0 Å². The minimum Gasteiger partial charge on any atom is -0.314 e. The highest BCUT2D eigenvalue weighted by Crippen LogP contribution is 2.30. The smallest absolute Gasteiger partial charge is 0.212 e. The Hall–Kier alpha value is -0.130. The van der Waals surface area contributed by atoms with Crippen LogP contribution in [0.25, 0.3) is 0 Å². The largest absolute Gasteiger partial charge is 0.314 e. The first kappa shape index (κ1) is 11.4. The summed E-state index contributed by atoms with van der Waals surface area (Å²) in [5.74, 6) is 0.771. The second-order valence-electron chi connectivity index (χ2n) is 4.92. The Bertz CT molecular complexity index is 311. The van der Waals surface area contributed by atoms with Crippen LogP contribution < -0.4 is 10.0 Å². The zero-order valence-electron chi connectivity index (χ0n) is 9.20. The van der Waals surface area contributed by atoms with Crippen LogP contribution >= 0.6 is 0 Å². The van der Waals surface area contributed by atoms with Gasteiger partial charge in [-0.15, -0.1) is 0 Å². The Morgan fingerprint density at radius 1 is 1.33 bits per heavy atom. The molecule has 1 aliphatic carbocycles. The van der Waals surface area contributed by atoms with Crippen LogP contribution in [-0.2, 0) is 10.0 Å². The Kier molecular flexibility index (Phi) is 3.33. The molecule has 1 heterocycles. The van der Waals surface area contributed by atoms with Gasteiger partial charge in [0.2, 0.25) is 10.0 Å². The maximum absolute atomic E-state index is 11.7. The van der Waals surface area contributed by atoms with Crippen LogP contribution in [0.1, 0.15) is 32.6 Å². The van der Waals surface area contributed by atoms with Crippen molar-refractivity contribution in [2.45, 2.75) is 44.7 Å². The predicted molar refractivity (Wildman–Crippen MR) is 60.1 cm³/mol. The van der Waals surface area contributed by atoms with Crippen molar-refractivity contribution in [2.24, 2.45) is 5.92 Å². The van der Waals surface area contributed by atoms with E-state index in [2.05, 4.69) is 17.0 Å². The molecule has 1 saturated carbocycles. The van der Waals surface area contributed by atoms with Crippen LogP contribution in [0, 0.1) is 5.92 Å². The van der Waals surface area contributed by atoms with E-state index in [9.17, 15) is 8.42 Å². The SMILES string of the molecule is CC1CC(NS(=O)(=O)CC2CC2)CCN1. The van der Waals surface area contributed by atoms with Crippen molar-refractivity contribution < 1.29 is 8.42 Å². The molecule has 0 amide bonds. The van der Waals surface area contributed by atoms with Crippen LogP contribution in [-0.4, -0.2) is 32.8 Å².